The van der Waals surface area contributed by atoms with Crippen LogP contribution in [-0.4, -0.2) is 43.6 Å². The summed E-state index contributed by atoms with van der Waals surface area (Å²) < 4.78 is 26.2. The zero-order chi connectivity index (χ0) is 16.9. The summed E-state index contributed by atoms with van der Waals surface area (Å²) in [4.78, 5) is 0. The molecule has 1 aromatic carbocycles. The maximum Gasteiger partial charge on any atom is 0.216 e. The molecule has 0 saturated carbocycles. The first-order valence-electron chi connectivity index (χ1n) is 8.35. The summed E-state index contributed by atoms with van der Waals surface area (Å²) in [6, 6.07) is 10.6. The van der Waals surface area contributed by atoms with Crippen LogP contribution in [0.5, 0.6) is 0 Å². The smallest absolute Gasteiger partial charge is 0.216 e. The van der Waals surface area contributed by atoms with E-state index in [1.807, 2.05) is 18.2 Å². The van der Waals surface area contributed by atoms with Gasteiger partial charge in [-0.1, -0.05) is 49.4 Å². The van der Waals surface area contributed by atoms with Gasteiger partial charge in [0.25, 0.3) is 0 Å². The van der Waals surface area contributed by atoms with Gasteiger partial charge in [-0.25, -0.2) is 12.7 Å². The van der Waals surface area contributed by atoms with E-state index in [0.29, 0.717) is 25.0 Å². The molecule has 5 heteroatoms. The Morgan fingerprint density at radius 3 is 2.61 bits per heavy atom. The highest BCUT2D eigenvalue weighted by atomic mass is 32.2. The van der Waals surface area contributed by atoms with Crippen molar-refractivity contribution in [3.63, 3.8) is 0 Å². The van der Waals surface area contributed by atoms with Crippen molar-refractivity contribution in [2.45, 2.75) is 38.5 Å². The van der Waals surface area contributed by atoms with Crippen LogP contribution in [0.4, 0.5) is 0 Å². The minimum absolute atomic E-state index is 0.322. The highest BCUT2D eigenvalue weighted by molar-refractivity contribution is 7.89. The van der Waals surface area contributed by atoms with Crippen LogP contribution in [0.15, 0.2) is 36.4 Å². The third-order valence-electron chi connectivity index (χ3n) is 4.43. The van der Waals surface area contributed by atoms with Gasteiger partial charge < -0.3 is 5.32 Å². The molecule has 0 spiro atoms. The van der Waals surface area contributed by atoms with Crippen LogP contribution in [0.1, 0.15) is 32.8 Å². The van der Waals surface area contributed by atoms with Gasteiger partial charge in [0.05, 0.1) is 5.25 Å². The van der Waals surface area contributed by atoms with E-state index in [1.165, 1.54) is 5.56 Å². The average molecular weight is 337 g/mol. The Hall–Kier alpha value is -1.17. The third kappa shape index (κ3) is 4.90. The van der Waals surface area contributed by atoms with E-state index in [-0.39, 0.29) is 5.25 Å². The second-order valence-corrected chi connectivity index (χ2v) is 9.03. The summed E-state index contributed by atoms with van der Waals surface area (Å²) in [6.07, 6.45) is 5.10. The summed E-state index contributed by atoms with van der Waals surface area (Å²) in [6.45, 7) is 7.66. The molecule has 128 valence electrons. The number of sulfonamides is 1. The quantitative estimate of drug-likeness (QED) is 0.869. The summed E-state index contributed by atoms with van der Waals surface area (Å²) in [7, 11) is -3.13. The lowest BCUT2D eigenvalue weighted by molar-refractivity contribution is 0.223. The van der Waals surface area contributed by atoms with Gasteiger partial charge in [-0.3, -0.25) is 0 Å². The van der Waals surface area contributed by atoms with Gasteiger partial charge in [0.1, 0.15) is 0 Å². The molecule has 2 rings (SSSR count). The van der Waals surface area contributed by atoms with Crippen LogP contribution >= 0.6 is 0 Å². The van der Waals surface area contributed by atoms with Gasteiger partial charge >= 0.3 is 0 Å². The van der Waals surface area contributed by atoms with Crippen molar-refractivity contribution >= 4 is 16.1 Å². The van der Waals surface area contributed by atoms with Crippen molar-refractivity contribution in [3.8, 4) is 0 Å². The molecule has 1 N–H and O–H groups in total. The molecule has 23 heavy (non-hydrogen) atoms. The number of hydrogen-bond donors (Lipinski definition) is 1. The monoisotopic (exact) mass is 336 g/mol. The van der Waals surface area contributed by atoms with Crippen molar-refractivity contribution in [1.29, 1.82) is 0 Å². The van der Waals surface area contributed by atoms with Crippen LogP contribution in [0.2, 0.25) is 0 Å². The maximum absolute atomic E-state index is 12.2. The lowest BCUT2D eigenvalue weighted by Gasteiger charge is -2.37. The lowest BCUT2D eigenvalue weighted by atomic mass is 9.95. The summed E-state index contributed by atoms with van der Waals surface area (Å²) >= 11 is 0. The lowest BCUT2D eigenvalue weighted by Crippen LogP contribution is -2.51. The second-order valence-electron chi connectivity index (χ2n) is 6.55. The zero-order valence-electron chi connectivity index (χ0n) is 14.3. The first-order chi connectivity index (χ1) is 10.9. The predicted molar refractivity (Wildman–Crippen MR) is 96.7 cm³/mol. The molecule has 1 fully saturated rings. The van der Waals surface area contributed by atoms with Crippen LogP contribution in [0, 0.1) is 5.92 Å². The highest BCUT2D eigenvalue weighted by Crippen LogP contribution is 2.21. The fourth-order valence-corrected chi connectivity index (χ4v) is 4.32. The van der Waals surface area contributed by atoms with Gasteiger partial charge in [0.2, 0.25) is 10.0 Å². The summed E-state index contributed by atoms with van der Waals surface area (Å²) in [5.41, 5.74) is 1.19. The molecule has 2 atom stereocenters. The zero-order valence-corrected chi connectivity index (χ0v) is 15.1. The molecule has 1 aliphatic heterocycles. The van der Waals surface area contributed by atoms with Crippen LogP contribution in [0.3, 0.4) is 0 Å². The van der Waals surface area contributed by atoms with Gasteiger partial charge in [-0.05, 0) is 31.7 Å². The van der Waals surface area contributed by atoms with Crippen molar-refractivity contribution in [3.05, 3.63) is 42.0 Å². The number of hydrogen-bond acceptors (Lipinski definition) is 3. The normalized spacial score (nSPS) is 23.7. The summed E-state index contributed by atoms with van der Waals surface area (Å²) in [5.74, 6) is 0.322. The van der Waals surface area contributed by atoms with Crippen molar-refractivity contribution in [1.82, 2.24) is 9.62 Å². The van der Waals surface area contributed by atoms with E-state index in [4.69, 9.17) is 0 Å². The standard InChI is InChI=1S/C18H28N2O2S/c1-15(2)23(21,22)20-13-11-18(16(3)14-20)19-12-7-10-17-8-5-4-6-9-17/h4-10,15-16,18-19H,11-14H2,1-3H3/b10-7+/t16-,18+/m1/s1. The van der Waals surface area contributed by atoms with E-state index in [2.05, 4.69) is 36.5 Å². The molecular weight excluding hydrogens is 308 g/mol. The number of benzene rings is 1. The van der Waals surface area contributed by atoms with E-state index in [1.54, 1.807) is 18.2 Å². The van der Waals surface area contributed by atoms with Crippen LogP contribution in [0.25, 0.3) is 6.08 Å². The van der Waals surface area contributed by atoms with Crippen LogP contribution < -0.4 is 5.32 Å². The number of piperidine rings is 1. The Morgan fingerprint density at radius 1 is 1.30 bits per heavy atom. The van der Waals surface area contributed by atoms with E-state index in [9.17, 15) is 8.42 Å². The molecule has 0 aromatic heterocycles. The van der Waals surface area contributed by atoms with Gasteiger partial charge in [-0.2, -0.15) is 0 Å². The van der Waals surface area contributed by atoms with Crippen molar-refractivity contribution < 1.29 is 8.42 Å². The van der Waals surface area contributed by atoms with Gasteiger partial charge in [0, 0.05) is 25.7 Å². The largest absolute Gasteiger partial charge is 0.310 e. The molecule has 0 unspecified atom stereocenters. The third-order valence-corrected chi connectivity index (χ3v) is 6.67. The first kappa shape index (κ1) is 18.2. The Morgan fingerprint density at radius 2 is 2.00 bits per heavy atom. The van der Waals surface area contributed by atoms with E-state index in [0.717, 1.165) is 13.0 Å². The first-order valence-corrected chi connectivity index (χ1v) is 9.85. The molecule has 1 aromatic rings. The maximum atomic E-state index is 12.2. The molecule has 1 heterocycles. The Kier molecular flexibility index (Phi) is 6.39. The number of nitrogens with zero attached hydrogens (tertiary/aromatic N) is 1. The molecule has 0 bridgehead atoms. The Labute approximate surface area is 140 Å². The van der Waals surface area contributed by atoms with Gasteiger partial charge in [-0.15, -0.1) is 0 Å². The SMILES string of the molecule is CC(C)S(=O)(=O)N1CC[C@H](NC/C=C/c2ccccc2)[C@H](C)C1. The topological polar surface area (TPSA) is 49.4 Å². The minimum Gasteiger partial charge on any atom is -0.310 e. The minimum atomic E-state index is -3.13. The number of rotatable bonds is 6. The number of nitrogens with one attached hydrogen (secondary N) is 1. The molecule has 1 aliphatic rings. The van der Waals surface area contributed by atoms with Gasteiger partial charge in [0.15, 0.2) is 0 Å². The Balaban J connectivity index is 1.82. The van der Waals surface area contributed by atoms with Crippen molar-refractivity contribution in [2.24, 2.45) is 5.92 Å². The molecule has 1 saturated heterocycles. The average Bonchev–Trinajstić information content (AvgIpc) is 2.53. The fraction of sp³-hybridized carbons (Fsp3) is 0.556. The summed E-state index contributed by atoms with van der Waals surface area (Å²) in [5, 5.41) is 3.19. The van der Waals surface area contributed by atoms with E-state index < -0.39 is 10.0 Å². The van der Waals surface area contributed by atoms with Crippen molar-refractivity contribution in [2.75, 3.05) is 19.6 Å². The highest BCUT2D eigenvalue weighted by Gasteiger charge is 2.33. The Bertz CT molecular complexity index is 611. The molecular formula is C18H28N2O2S. The van der Waals surface area contributed by atoms with E-state index >= 15 is 0 Å². The molecule has 0 radical (unpaired) electrons. The van der Waals surface area contributed by atoms with Crippen LogP contribution in [-0.2, 0) is 10.0 Å². The fourth-order valence-electron chi connectivity index (χ4n) is 2.92. The second kappa shape index (κ2) is 8.08. The molecule has 4 nitrogen and oxygen atoms in total. The molecule has 0 amide bonds. The molecule has 0 aliphatic carbocycles. The predicted octanol–water partition coefficient (Wildman–Crippen LogP) is 2.74.